The van der Waals surface area contributed by atoms with Crippen LogP contribution in [0.5, 0.6) is 0 Å². The molecule has 0 bridgehead atoms. The van der Waals surface area contributed by atoms with Crippen LogP contribution in [0, 0.1) is 0 Å². The maximum atomic E-state index is 12.7. The van der Waals surface area contributed by atoms with Gasteiger partial charge >= 0.3 is 0 Å². The van der Waals surface area contributed by atoms with Crippen LogP contribution in [-0.2, 0) is 19.6 Å². The molecule has 1 atom stereocenters. The van der Waals surface area contributed by atoms with E-state index in [1.807, 2.05) is 4.90 Å². The van der Waals surface area contributed by atoms with Crippen LogP contribution in [0.25, 0.3) is 0 Å². The predicted molar refractivity (Wildman–Crippen MR) is 106 cm³/mol. The minimum absolute atomic E-state index is 0.00371. The topological polar surface area (TPSA) is 90.0 Å². The highest BCUT2D eigenvalue weighted by molar-refractivity contribution is 7.89. The van der Waals surface area contributed by atoms with Gasteiger partial charge in [0, 0.05) is 32.9 Å². The van der Waals surface area contributed by atoms with Crippen molar-refractivity contribution in [1.82, 2.24) is 14.1 Å². The van der Waals surface area contributed by atoms with Crippen molar-refractivity contribution >= 4 is 27.5 Å². The van der Waals surface area contributed by atoms with E-state index in [-0.39, 0.29) is 29.3 Å². The first-order valence-corrected chi connectivity index (χ1v) is 11.1. The normalized spacial score (nSPS) is 21.0. The van der Waals surface area contributed by atoms with Gasteiger partial charge in [0.15, 0.2) is 0 Å². The van der Waals surface area contributed by atoms with E-state index in [0.717, 1.165) is 25.7 Å². The van der Waals surface area contributed by atoms with Gasteiger partial charge in [-0.1, -0.05) is 6.07 Å². The number of nitrogens with zero attached hydrogens (tertiary/aromatic N) is 3. The molecule has 1 N–H and O–H groups in total. The summed E-state index contributed by atoms with van der Waals surface area (Å²) < 4.78 is 26.9. The standard InChI is InChI=1S/C19H28N4O4S/c1-21(2)19(25)17-9-6-10-22(17)14-18(24)20-15-7-5-8-16(13-15)28(26,27)23-11-3-4-12-23/h5,7-8,13,17H,3-4,6,9-12,14H2,1-2H3,(H,20,24). The SMILES string of the molecule is CN(C)C(=O)C1CCCN1CC(=O)Nc1cccc(S(=O)(=O)N2CCCC2)c1. The molecule has 0 saturated carbocycles. The van der Waals surface area contributed by atoms with Crippen molar-refractivity contribution < 1.29 is 18.0 Å². The van der Waals surface area contributed by atoms with Crippen molar-refractivity contribution in [1.29, 1.82) is 0 Å². The van der Waals surface area contributed by atoms with E-state index in [4.69, 9.17) is 0 Å². The Bertz CT molecular complexity index is 834. The largest absolute Gasteiger partial charge is 0.347 e. The molecule has 2 amide bonds. The van der Waals surface area contributed by atoms with Gasteiger partial charge in [-0.2, -0.15) is 4.31 Å². The first kappa shape index (κ1) is 20.8. The lowest BCUT2D eigenvalue weighted by Crippen LogP contribution is -2.45. The van der Waals surface area contributed by atoms with Crippen molar-refractivity contribution in [2.45, 2.75) is 36.6 Å². The smallest absolute Gasteiger partial charge is 0.243 e. The molecule has 9 heteroatoms. The molecule has 0 radical (unpaired) electrons. The van der Waals surface area contributed by atoms with Crippen LogP contribution in [-0.4, -0.2) is 80.7 Å². The van der Waals surface area contributed by atoms with Crippen LogP contribution in [0.1, 0.15) is 25.7 Å². The third-order valence-corrected chi connectivity index (χ3v) is 7.15. The molecule has 2 aliphatic rings. The fourth-order valence-corrected chi connectivity index (χ4v) is 5.35. The molecule has 1 aromatic carbocycles. The number of nitrogens with one attached hydrogen (secondary N) is 1. The van der Waals surface area contributed by atoms with Crippen LogP contribution in [0.3, 0.4) is 0 Å². The molecule has 2 aliphatic heterocycles. The van der Waals surface area contributed by atoms with Crippen LogP contribution >= 0.6 is 0 Å². The number of anilines is 1. The van der Waals surface area contributed by atoms with Crippen molar-refractivity contribution in [3.63, 3.8) is 0 Å². The zero-order chi connectivity index (χ0) is 20.3. The molecular weight excluding hydrogens is 380 g/mol. The Morgan fingerprint density at radius 3 is 2.54 bits per heavy atom. The number of amides is 2. The summed E-state index contributed by atoms with van der Waals surface area (Å²) in [5.41, 5.74) is 0.444. The molecule has 2 fully saturated rings. The number of benzene rings is 1. The summed E-state index contributed by atoms with van der Waals surface area (Å²) in [6, 6.07) is 6.08. The molecule has 8 nitrogen and oxygen atoms in total. The van der Waals surface area contributed by atoms with Gasteiger partial charge in [0.2, 0.25) is 21.8 Å². The highest BCUT2D eigenvalue weighted by Gasteiger charge is 2.33. The lowest BCUT2D eigenvalue weighted by molar-refractivity contribution is -0.133. The minimum atomic E-state index is -3.53. The Kier molecular flexibility index (Phi) is 6.36. The maximum Gasteiger partial charge on any atom is 0.243 e. The molecule has 0 aromatic heterocycles. The quantitative estimate of drug-likeness (QED) is 0.757. The maximum absolute atomic E-state index is 12.7. The van der Waals surface area contributed by atoms with E-state index in [9.17, 15) is 18.0 Å². The molecule has 154 valence electrons. The van der Waals surface area contributed by atoms with Crippen LogP contribution in [0.4, 0.5) is 5.69 Å². The molecule has 1 aromatic rings. The number of likely N-dealkylation sites (tertiary alicyclic amines) is 1. The van der Waals surface area contributed by atoms with E-state index in [1.54, 1.807) is 37.2 Å². The average Bonchev–Trinajstić information content (AvgIpc) is 3.33. The van der Waals surface area contributed by atoms with E-state index in [0.29, 0.717) is 25.3 Å². The number of hydrogen-bond acceptors (Lipinski definition) is 5. The zero-order valence-electron chi connectivity index (χ0n) is 16.4. The summed E-state index contributed by atoms with van der Waals surface area (Å²) in [5.74, 6) is -0.252. The fraction of sp³-hybridized carbons (Fsp3) is 0.579. The molecule has 2 heterocycles. The Balaban J connectivity index is 1.65. The number of carbonyl (C=O) groups excluding carboxylic acids is 2. The van der Waals surface area contributed by atoms with E-state index >= 15 is 0 Å². The van der Waals surface area contributed by atoms with Crippen molar-refractivity contribution in [3.8, 4) is 0 Å². The molecule has 3 rings (SSSR count). The number of carbonyl (C=O) groups is 2. The van der Waals surface area contributed by atoms with Gasteiger partial charge in [-0.25, -0.2) is 8.42 Å². The Morgan fingerprint density at radius 1 is 1.14 bits per heavy atom. The summed E-state index contributed by atoms with van der Waals surface area (Å²) in [7, 11) is -0.100. The molecule has 0 aliphatic carbocycles. The van der Waals surface area contributed by atoms with E-state index in [2.05, 4.69) is 5.32 Å². The summed E-state index contributed by atoms with van der Waals surface area (Å²) in [4.78, 5) is 28.4. The average molecular weight is 409 g/mol. The van der Waals surface area contributed by atoms with Crippen molar-refractivity contribution in [2.24, 2.45) is 0 Å². The van der Waals surface area contributed by atoms with Crippen molar-refractivity contribution in [3.05, 3.63) is 24.3 Å². The van der Waals surface area contributed by atoms with Gasteiger partial charge in [0.1, 0.15) is 0 Å². The first-order valence-electron chi connectivity index (χ1n) is 9.64. The summed E-state index contributed by atoms with van der Waals surface area (Å²) in [6.45, 7) is 1.87. The summed E-state index contributed by atoms with van der Waals surface area (Å²) >= 11 is 0. The number of sulfonamides is 1. The molecule has 2 saturated heterocycles. The molecule has 0 spiro atoms. The van der Waals surface area contributed by atoms with Gasteiger partial charge in [-0.3, -0.25) is 14.5 Å². The second kappa shape index (κ2) is 8.59. The van der Waals surface area contributed by atoms with Gasteiger partial charge in [0.25, 0.3) is 0 Å². The molecule has 28 heavy (non-hydrogen) atoms. The van der Waals surface area contributed by atoms with Crippen molar-refractivity contribution in [2.75, 3.05) is 45.6 Å². The molecule has 1 unspecified atom stereocenters. The van der Waals surface area contributed by atoms with Crippen LogP contribution < -0.4 is 5.32 Å². The minimum Gasteiger partial charge on any atom is -0.347 e. The van der Waals surface area contributed by atoms with Gasteiger partial charge < -0.3 is 10.2 Å². The van der Waals surface area contributed by atoms with E-state index in [1.165, 1.54) is 10.4 Å². The zero-order valence-corrected chi connectivity index (χ0v) is 17.2. The predicted octanol–water partition coefficient (Wildman–Crippen LogP) is 0.962. The highest BCUT2D eigenvalue weighted by Crippen LogP contribution is 2.23. The summed E-state index contributed by atoms with van der Waals surface area (Å²) in [5, 5.41) is 2.77. The Labute approximate surface area is 166 Å². The number of hydrogen-bond donors (Lipinski definition) is 1. The molecular formula is C19H28N4O4S. The Hall–Kier alpha value is -1.97. The number of likely N-dealkylation sites (N-methyl/N-ethyl adjacent to an activating group) is 1. The monoisotopic (exact) mass is 408 g/mol. The second-order valence-electron chi connectivity index (χ2n) is 7.55. The van der Waals surface area contributed by atoms with Gasteiger partial charge in [-0.05, 0) is 50.4 Å². The Morgan fingerprint density at radius 2 is 1.86 bits per heavy atom. The lowest BCUT2D eigenvalue weighted by Gasteiger charge is -2.25. The highest BCUT2D eigenvalue weighted by atomic mass is 32.2. The van der Waals surface area contributed by atoms with Gasteiger partial charge in [-0.15, -0.1) is 0 Å². The van der Waals surface area contributed by atoms with E-state index < -0.39 is 10.0 Å². The second-order valence-corrected chi connectivity index (χ2v) is 9.49. The summed E-state index contributed by atoms with van der Waals surface area (Å²) in [6.07, 6.45) is 3.37. The third kappa shape index (κ3) is 4.53. The van der Waals surface area contributed by atoms with Gasteiger partial charge in [0.05, 0.1) is 17.5 Å². The number of rotatable bonds is 6. The first-order chi connectivity index (χ1) is 13.3. The lowest BCUT2D eigenvalue weighted by atomic mass is 10.2. The fourth-order valence-electron chi connectivity index (χ4n) is 3.79. The van der Waals surface area contributed by atoms with Crippen LogP contribution in [0.15, 0.2) is 29.2 Å². The van der Waals surface area contributed by atoms with Crippen LogP contribution in [0.2, 0.25) is 0 Å². The third-order valence-electron chi connectivity index (χ3n) is 5.26.